The Morgan fingerprint density at radius 1 is 1.27 bits per heavy atom. The zero-order valence-electron chi connectivity index (χ0n) is 9.24. The summed E-state index contributed by atoms with van der Waals surface area (Å²) in [4.78, 5) is 0. The molecule has 2 heteroatoms. The first-order valence-corrected chi connectivity index (χ1v) is 5.54. The van der Waals surface area contributed by atoms with Gasteiger partial charge < -0.3 is 9.47 Å². The third-order valence-corrected chi connectivity index (χ3v) is 3.09. The van der Waals surface area contributed by atoms with Crippen molar-refractivity contribution in [3.8, 4) is 0 Å². The van der Waals surface area contributed by atoms with E-state index in [1.165, 1.54) is 5.56 Å². The normalized spacial score (nSPS) is 18.5. The Hall–Kier alpha value is -0.860. The van der Waals surface area contributed by atoms with Crippen LogP contribution >= 0.6 is 0 Å². The highest BCUT2D eigenvalue weighted by molar-refractivity contribution is 5.13. The lowest BCUT2D eigenvalue weighted by atomic mass is 9.84. The van der Waals surface area contributed by atoms with Crippen LogP contribution in [0.25, 0.3) is 0 Å². The second kappa shape index (κ2) is 4.77. The van der Waals surface area contributed by atoms with Crippen LogP contribution in [0.3, 0.4) is 0 Å². The quantitative estimate of drug-likeness (QED) is 0.737. The van der Waals surface area contributed by atoms with Crippen molar-refractivity contribution in [2.24, 2.45) is 5.41 Å². The lowest BCUT2D eigenvalue weighted by Gasteiger charge is -2.40. The van der Waals surface area contributed by atoms with E-state index in [1.54, 1.807) is 0 Å². The van der Waals surface area contributed by atoms with Crippen molar-refractivity contribution >= 4 is 0 Å². The molecule has 0 aromatic heterocycles. The average molecular weight is 206 g/mol. The average Bonchev–Trinajstić information content (AvgIpc) is 2.24. The molecule has 15 heavy (non-hydrogen) atoms. The molecule has 1 heterocycles. The van der Waals surface area contributed by atoms with Gasteiger partial charge in [-0.2, -0.15) is 0 Å². The Bertz CT molecular complexity index is 285. The molecule has 0 bridgehead atoms. The molecule has 0 amide bonds. The molecule has 1 aromatic carbocycles. The Balaban J connectivity index is 1.75. The number of benzene rings is 1. The summed E-state index contributed by atoms with van der Waals surface area (Å²) in [5.74, 6) is 0. The van der Waals surface area contributed by atoms with Crippen LogP contribution in [0.2, 0.25) is 0 Å². The molecule has 0 N–H and O–H groups in total. The fourth-order valence-corrected chi connectivity index (χ4v) is 1.74. The maximum absolute atomic E-state index is 5.74. The van der Waals surface area contributed by atoms with Crippen molar-refractivity contribution in [1.82, 2.24) is 0 Å². The summed E-state index contributed by atoms with van der Waals surface area (Å²) in [5.41, 5.74) is 1.54. The van der Waals surface area contributed by atoms with Crippen LogP contribution < -0.4 is 0 Å². The van der Waals surface area contributed by atoms with E-state index in [2.05, 4.69) is 19.1 Å². The lowest BCUT2D eigenvalue weighted by molar-refractivity contribution is -0.152. The van der Waals surface area contributed by atoms with Crippen LogP contribution in [0.5, 0.6) is 0 Å². The molecule has 1 aliphatic rings. The summed E-state index contributed by atoms with van der Waals surface area (Å²) in [5, 5.41) is 0. The van der Waals surface area contributed by atoms with Crippen LogP contribution in [-0.4, -0.2) is 19.8 Å². The van der Waals surface area contributed by atoms with Crippen LogP contribution in [0, 0.1) is 5.41 Å². The van der Waals surface area contributed by atoms with Gasteiger partial charge in [-0.05, 0) is 12.0 Å². The van der Waals surface area contributed by atoms with Gasteiger partial charge in [-0.1, -0.05) is 37.3 Å². The highest BCUT2D eigenvalue weighted by Crippen LogP contribution is 2.31. The Morgan fingerprint density at radius 2 is 2.00 bits per heavy atom. The van der Waals surface area contributed by atoms with Gasteiger partial charge >= 0.3 is 0 Å². The molecular weight excluding hydrogens is 188 g/mol. The third-order valence-electron chi connectivity index (χ3n) is 3.09. The number of rotatable bonds is 5. The smallest absolute Gasteiger partial charge is 0.0717 e. The Kier molecular flexibility index (Phi) is 3.39. The molecule has 0 saturated carbocycles. The largest absolute Gasteiger partial charge is 0.380 e. The molecule has 0 radical (unpaired) electrons. The van der Waals surface area contributed by atoms with Crippen molar-refractivity contribution < 1.29 is 9.47 Å². The first-order chi connectivity index (χ1) is 7.35. The highest BCUT2D eigenvalue weighted by Gasteiger charge is 2.36. The maximum atomic E-state index is 5.74. The van der Waals surface area contributed by atoms with Gasteiger partial charge in [0.1, 0.15) is 0 Å². The lowest BCUT2D eigenvalue weighted by Crippen LogP contribution is -2.45. The van der Waals surface area contributed by atoms with E-state index >= 15 is 0 Å². The standard InChI is InChI=1S/C13H18O2/c1-2-13(10-15-11-13)9-14-8-12-6-4-3-5-7-12/h3-7H,2,8-11H2,1H3. The number of hydrogen-bond donors (Lipinski definition) is 0. The van der Waals surface area contributed by atoms with E-state index in [9.17, 15) is 0 Å². The van der Waals surface area contributed by atoms with E-state index in [0.717, 1.165) is 26.2 Å². The zero-order chi connectivity index (χ0) is 10.6. The fraction of sp³-hybridized carbons (Fsp3) is 0.538. The van der Waals surface area contributed by atoms with Gasteiger partial charge in [-0.3, -0.25) is 0 Å². The second-order valence-electron chi connectivity index (χ2n) is 4.32. The topological polar surface area (TPSA) is 18.5 Å². The molecule has 0 atom stereocenters. The molecule has 82 valence electrons. The summed E-state index contributed by atoms with van der Waals surface area (Å²) in [6, 6.07) is 10.3. The summed E-state index contributed by atoms with van der Waals surface area (Å²) >= 11 is 0. The SMILES string of the molecule is CCC1(COCc2ccccc2)COC1. The summed E-state index contributed by atoms with van der Waals surface area (Å²) in [7, 11) is 0. The molecule has 2 nitrogen and oxygen atoms in total. The van der Waals surface area contributed by atoms with Crippen LogP contribution in [-0.2, 0) is 16.1 Å². The second-order valence-corrected chi connectivity index (χ2v) is 4.32. The molecule has 0 aliphatic carbocycles. The number of ether oxygens (including phenoxy) is 2. The minimum absolute atomic E-state index is 0.300. The molecule has 1 fully saturated rings. The van der Waals surface area contributed by atoms with Gasteiger partial charge in [0.15, 0.2) is 0 Å². The first kappa shape index (κ1) is 10.7. The third kappa shape index (κ3) is 2.58. The predicted octanol–water partition coefficient (Wildman–Crippen LogP) is 2.63. The maximum Gasteiger partial charge on any atom is 0.0717 e. The van der Waals surface area contributed by atoms with Crippen LogP contribution in [0.15, 0.2) is 30.3 Å². The first-order valence-electron chi connectivity index (χ1n) is 5.54. The van der Waals surface area contributed by atoms with Gasteiger partial charge in [0.05, 0.1) is 26.4 Å². The minimum Gasteiger partial charge on any atom is -0.380 e. The van der Waals surface area contributed by atoms with Crippen molar-refractivity contribution in [3.05, 3.63) is 35.9 Å². The molecule has 2 rings (SSSR count). The molecule has 0 unspecified atom stereocenters. The summed E-state index contributed by atoms with van der Waals surface area (Å²) in [6.07, 6.45) is 1.14. The fourth-order valence-electron chi connectivity index (χ4n) is 1.74. The molecule has 0 spiro atoms. The Labute approximate surface area is 91.2 Å². The van der Waals surface area contributed by atoms with Gasteiger partial charge in [0, 0.05) is 5.41 Å². The van der Waals surface area contributed by atoms with Crippen LogP contribution in [0.4, 0.5) is 0 Å². The molecular formula is C13H18O2. The molecule has 1 aliphatic heterocycles. The Morgan fingerprint density at radius 3 is 2.53 bits per heavy atom. The van der Waals surface area contributed by atoms with E-state index < -0.39 is 0 Å². The monoisotopic (exact) mass is 206 g/mol. The zero-order valence-corrected chi connectivity index (χ0v) is 9.24. The van der Waals surface area contributed by atoms with Gasteiger partial charge in [-0.25, -0.2) is 0 Å². The summed E-state index contributed by atoms with van der Waals surface area (Å²) < 4.78 is 11.0. The van der Waals surface area contributed by atoms with E-state index in [4.69, 9.17) is 9.47 Å². The molecule has 1 saturated heterocycles. The van der Waals surface area contributed by atoms with Gasteiger partial charge in [0.2, 0.25) is 0 Å². The highest BCUT2D eigenvalue weighted by atomic mass is 16.5. The van der Waals surface area contributed by atoms with Crippen LogP contribution in [0.1, 0.15) is 18.9 Å². The minimum atomic E-state index is 0.300. The summed E-state index contributed by atoms with van der Waals surface area (Å²) in [6.45, 7) is 5.45. The number of hydrogen-bond acceptors (Lipinski definition) is 2. The van der Waals surface area contributed by atoms with Crippen molar-refractivity contribution in [3.63, 3.8) is 0 Å². The van der Waals surface area contributed by atoms with E-state index in [0.29, 0.717) is 12.0 Å². The van der Waals surface area contributed by atoms with Crippen molar-refractivity contribution in [1.29, 1.82) is 0 Å². The van der Waals surface area contributed by atoms with Gasteiger partial charge in [0.25, 0.3) is 0 Å². The van der Waals surface area contributed by atoms with Crippen molar-refractivity contribution in [2.75, 3.05) is 19.8 Å². The predicted molar refractivity (Wildman–Crippen MR) is 59.6 cm³/mol. The van der Waals surface area contributed by atoms with Crippen molar-refractivity contribution in [2.45, 2.75) is 20.0 Å². The molecule has 1 aromatic rings. The van der Waals surface area contributed by atoms with E-state index in [1.807, 2.05) is 18.2 Å². The van der Waals surface area contributed by atoms with E-state index in [-0.39, 0.29) is 0 Å². The van der Waals surface area contributed by atoms with Gasteiger partial charge in [-0.15, -0.1) is 0 Å².